The van der Waals surface area contributed by atoms with E-state index in [9.17, 15) is 0 Å². The number of morpholine rings is 1. The van der Waals surface area contributed by atoms with Gasteiger partial charge in [-0.25, -0.2) is 0 Å². The van der Waals surface area contributed by atoms with E-state index in [2.05, 4.69) is 17.1 Å². The van der Waals surface area contributed by atoms with E-state index in [1.54, 1.807) is 0 Å². The summed E-state index contributed by atoms with van der Waals surface area (Å²) in [6, 6.07) is 0.674. The van der Waals surface area contributed by atoms with E-state index in [1.165, 1.54) is 32.2 Å². The zero-order valence-corrected chi connectivity index (χ0v) is 12.2. The van der Waals surface area contributed by atoms with Gasteiger partial charge in [0, 0.05) is 37.7 Å². The maximum Gasteiger partial charge on any atom is 0.0730 e. The van der Waals surface area contributed by atoms with Crippen LogP contribution in [-0.4, -0.2) is 63.0 Å². The first kappa shape index (κ1) is 13.8. The molecule has 3 fully saturated rings. The van der Waals surface area contributed by atoms with Gasteiger partial charge in [0.15, 0.2) is 0 Å². The summed E-state index contributed by atoms with van der Waals surface area (Å²) >= 11 is 0. The Morgan fingerprint density at radius 1 is 1.32 bits per heavy atom. The van der Waals surface area contributed by atoms with E-state index in [0.29, 0.717) is 17.6 Å². The summed E-state index contributed by atoms with van der Waals surface area (Å²) in [6.45, 7) is 9.40. The van der Waals surface area contributed by atoms with Crippen LogP contribution in [0.25, 0.3) is 0 Å². The lowest BCUT2D eigenvalue weighted by Gasteiger charge is -2.42. The van der Waals surface area contributed by atoms with Crippen LogP contribution >= 0.6 is 0 Å². The quantitative estimate of drug-likeness (QED) is 0.814. The molecular weight excluding hydrogens is 240 g/mol. The fourth-order valence-corrected chi connectivity index (χ4v) is 3.99. The summed E-state index contributed by atoms with van der Waals surface area (Å²) in [5.41, 5.74) is 0.334. The molecule has 0 aromatic heterocycles. The lowest BCUT2D eigenvalue weighted by atomic mass is 9.85. The predicted molar refractivity (Wildman–Crippen MR) is 75.4 cm³/mol. The molecule has 0 radical (unpaired) electrons. The highest BCUT2D eigenvalue weighted by Gasteiger charge is 2.42. The standard InChI is InChI=1S/C15H28N2O2/c1-2-16-10-15(6-8-18-12-15)11-17-7-9-19-14-5-3-4-13(14)17/h13-14,16H,2-12H2,1H3. The van der Waals surface area contributed by atoms with Crippen molar-refractivity contribution in [3.63, 3.8) is 0 Å². The number of hydrogen-bond acceptors (Lipinski definition) is 4. The number of nitrogens with one attached hydrogen (secondary N) is 1. The maximum absolute atomic E-state index is 5.92. The van der Waals surface area contributed by atoms with Gasteiger partial charge in [-0.05, 0) is 32.2 Å². The molecule has 0 aromatic carbocycles. The lowest BCUT2D eigenvalue weighted by molar-refractivity contribution is -0.0691. The highest BCUT2D eigenvalue weighted by atomic mass is 16.5. The summed E-state index contributed by atoms with van der Waals surface area (Å²) in [6.07, 6.45) is 5.63. The van der Waals surface area contributed by atoms with Gasteiger partial charge in [0.2, 0.25) is 0 Å². The fraction of sp³-hybridized carbons (Fsp3) is 1.00. The van der Waals surface area contributed by atoms with Crippen molar-refractivity contribution in [1.29, 1.82) is 0 Å². The Bertz CT molecular complexity index is 292. The van der Waals surface area contributed by atoms with E-state index < -0.39 is 0 Å². The Balaban J connectivity index is 1.63. The van der Waals surface area contributed by atoms with E-state index in [1.807, 2.05) is 0 Å². The Morgan fingerprint density at radius 3 is 3.05 bits per heavy atom. The molecule has 2 aliphatic heterocycles. The topological polar surface area (TPSA) is 33.7 Å². The number of nitrogens with zero attached hydrogens (tertiary/aromatic N) is 1. The van der Waals surface area contributed by atoms with Crippen LogP contribution in [0, 0.1) is 5.41 Å². The van der Waals surface area contributed by atoms with Gasteiger partial charge < -0.3 is 14.8 Å². The Labute approximate surface area is 116 Å². The molecule has 3 atom stereocenters. The van der Waals surface area contributed by atoms with Crippen molar-refractivity contribution in [2.75, 3.05) is 46.0 Å². The molecule has 19 heavy (non-hydrogen) atoms. The van der Waals surface area contributed by atoms with Crippen LogP contribution in [-0.2, 0) is 9.47 Å². The van der Waals surface area contributed by atoms with Crippen LogP contribution in [0.1, 0.15) is 32.6 Å². The van der Waals surface area contributed by atoms with E-state index >= 15 is 0 Å². The lowest BCUT2D eigenvalue weighted by Crippen LogP contribution is -2.54. The first-order chi connectivity index (χ1) is 9.33. The predicted octanol–water partition coefficient (Wildman–Crippen LogP) is 1.26. The summed E-state index contributed by atoms with van der Waals surface area (Å²) < 4.78 is 11.6. The molecule has 0 spiro atoms. The fourth-order valence-electron chi connectivity index (χ4n) is 3.99. The molecule has 3 aliphatic rings. The molecule has 0 aromatic rings. The number of hydrogen-bond donors (Lipinski definition) is 1. The summed E-state index contributed by atoms with van der Waals surface area (Å²) in [7, 11) is 0. The van der Waals surface area contributed by atoms with Crippen molar-refractivity contribution >= 4 is 0 Å². The minimum atomic E-state index is 0.334. The molecular formula is C15H28N2O2. The van der Waals surface area contributed by atoms with Gasteiger partial charge in [0.05, 0.1) is 19.3 Å². The molecule has 110 valence electrons. The zero-order valence-electron chi connectivity index (χ0n) is 12.2. The molecule has 4 nitrogen and oxygen atoms in total. The van der Waals surface area contributed by atoms with Crippen LogP contribution in [0.2, 0.25) is 0 Å². The normalized spacial score (nSPS) is 39.6. The van der Waals surface area contributed by atoms with E-state index in [4.69, 9.17) is 9.47 Å². The molecule has 0 bridgehead atoms. The Hall–Kier alpha value is -0.160. The van der Waals surface area contributed by atoms with E-state index in [-0.39, 0.29) is 0 Å². The minimum Gasteiger partial charge on any atom is -0.381 e. The SMILES string of the molecule is CCNCC1(CN2CCOC3CCCC32)CCOC1. The second-order valence-corrected chi connectivity index (χ2v) is 6.46. The third-order valence-electron chi connectivity index (χ3n) is 5.07. The molecule has 0 amide bonds. The average Bonchev–Trinajstić information content (AvgIpc) is 3.06. The van der Waals surface area contributed by atoms with Crippen LogP contribution in [0.5, 0.6) is 0 Å². The molecule has 3 unspecified atom stereocenters. The molecule has 1 N–H and O–H groups in total. The van der Waals surface area contributed by atoms with Gasteiger partial charge >= 0.3 is 0 Å². The van der Waals surface area contributed by atoms with Crippen molar-refractivity contribution in [3.05, 3.63) is 0 Å². The Morgan fingerprint density at radius 2 is 2.26 bits per heavy atom. The van der Waals surface area contributed by atoms with Crippen LogP contribution < -0.4 is 5.32 Å². The smallest absolute Gasteiger partial charge is 0.0730 e. The first-order valence-corrected chi connectivity index (χ1v) is 7.97. The van der Waals surface area contributed by atoms with Gasteiger partial charge in [-0.1, -0.05) is 6.92 Å². The Kier molecular flexibility index (Phi) is 4.42. The summed E-state index contributed by atoms with van der Waals surface area (Å²) in [5.74, 6) is 0. The summed E-state index contributed by atoms with van der Waals surface area (Å²) in [5, 5.41) is 3.54. The van der Waals surface area contributed by atoms with E-state index in [0.717, 1.165) is 39.5 Å². The largest absolute Gasteiger partial charge is 0.381 e. The van der Waals surface area contributed by atoms with Gasteiger partial charge in [-0.3, -0.25) is 4.90 Å². The maximum atomic E-state index is 5.92. The average molecular weight is 268 g/mol. The van der Waals surface area contributed by atoms with Crippen LogP contribution in [0.4, 0.5) is 0 Å². The molecule has 3 rings (SSSR count). The van der Waals surface area contributed by atoms with Gasteiger partial charge in [-0.15, -0.1) is 0 Å². The van der Waals surface area contributed by atoms with Crippen molar-refractivity contribution < 1.29 is 9.47 Å². The molecule has 2 saturated heterocycles. The van der Waals surface area contributed by atoms with Crippen LogP contribution in [0.3, 0.4) is 0 Å². The van der Waals surface area contributed by atoms with Crippen molar-refractivity contribution in [1.82, 2.24) is 10.2 Å². The number of rotatable bonds is 5. The van der Waals surface area contributed by atoms with Gasteiger partial charge in [0.1, 0.15) is 0 Å². The van der Waals surface area contributed by atoms with Gasteiger partial charge in [-0.2, -0.15) is 0 Å². The third-order valence-corrected chi connectivity index (χ3v) is 5.07. The first-order valence-electron chi connectivity index (χ1n) is 7.97. The minimum absolute atomic E-state index is 0.334. The second-order valence-electron chi connectivity index (χ2n) is 6.46. The van der Waals surface area contributed by atoms with Crippen molar-refractivity contribution in [3.8, 4) is 0 Å². The number of fused-ring (bicyclic) bond motifs is 1. The van der Waals surface area contributed by atoms with Crippen LogP contribution in [0.15, 0.2) is 0 Å². The van der Waals surface area contributed by atoms with Crippen molar-refractivity contribution in [2.24, 2.45) is 5.41 Å². The monoisotopic (exact) mass is 268 g/mol. The molecule has 2 heterocycles. The highest BCUT2D eigenvalue weighted by molar-refractivity contribution is 4.95. The van der Waals surface area contributed by atoms with Gasteiger partial charge in [0.25, 0.3) is 0 Å². The summed E-state index contributed by atoms with van der Waals surface area (Å²) in [4.78, 5) is 2.70. The second kappa shape index (κ2) is 6.08. The highest BCUT2D eigenvalue weighted by Crippen LogP contribution is 2.35. The molecule has 4 heteroatoms. The molecule has 1 saturated carbocycles. The molecule has 1 aliphatic carbocycles. The van der Waals surface area contributed by atoms with Crippen molar-refractivity contribution in [2.45, 2.75) is 44.8 Å². The third kappa shape index (κ3) is 2.97. The zero-order chi connectivity index (χ0) is 13.1. The number of ether oxygens (including phenoxy) is 2.